The first-order valence-corrected chi connectivity index (χ1v) is 9.35. The summed E-state index contributed by atoms with van der Waals surface area (Å²) >= 11 is 12.8. The van der Waals surface area contributed by atoms with E-state index in [4.69, 9.17) is 23.2 Å². The van der Waals surface area contributed by atoms with Crippen LogP contribution in [0, 0.1) is 18.3 Å². The molecular formula is C21H15Cl2N5. The van der Waals surface area contributed by atoms with Crippen LogP contribution in [0.1, 0.15) is 22.6 Å². The second kappa shape index (κ2) is 7.51. The van der Waals surface area contributed by atoms with E-state index >= 15 is 0 Å². The van der Waals surface area contributed by atoms with Crippen LogP contribution in [0.2, 0.25) is 10.2 Å². The van der Waals surface area contributed by atoms with E-state index in [1.807, 2.05) is 55.5 Å². The third-order valence-corrected chi connectivity index (χ3v) is 5.21. The first-order valence-electron chi connectivity index (χ1n) is 8.60. The van der Waals surface area contributed by atoms with Gasteiger partial charge in [0.2, 0.25) is 0 Å². The normalized spacial score (nSPS) is 11.7. The van der Waals surface area contributed by atoms with Gasteiger partial charge in [0, 0.05) is 10.6 Å². The molecule has 2 aromatic heterocycles. The number of rotatable bonds is 4. The summed E-state index contributed by atoms with van der Waals surface area (Å²) in [5.41, 5.74) is 4.39. The average Bonchev–Trinajstić information content (AvgIpc) is 3.23. The molecule has 0 saturated carbocycles. The van der Waals surface area contributed by atoms with E-state index in [0.717, 1.165) is 22.3 Å². The van der Waals surface area contributed by atoms with Gasteiger partial charge in [-0.3, -0.25) is 0 Å². The Balaban J connectivity index is 1.73. The highest BCUT2D eigenvalue weighted by Gasteiger charge is 2.15. The molecule has 0 fully saturated rings. The standard InChI is InChI=1S/C21H15Cl2N5/c1-13-16(20(23)28(27-13)12-14-6-2-3-7-17(14)22)10-15(11-24)21-25-18-8-4-5-9-19(18)26-21/h2-10H,12H2,1H3,(H,25,26)/b15-10+. The van der Waals surface area contributed by atoms with E-state index in [9.17, 15) is 5.26 Å². The van der Waals surface area contributed by atoms with Crippen LogP contribution in [0.3, 0.4) is 0 Å². The van der Waals surface area contributed by atoms with Crippen molar-refractivity contribution in [2.75, 3.05) is 0 Å². The van der Waals surface area contributed by atoms with Crippen molar-refractivity contribution in [3.8, 4) is 6.07 Å². The molecule has 0 saturated heterocycles. The molecule has 0 spiro atoms. The number of benzene rings is 2. The van der Waals surface area contributed by atoms with Gasteiger partial charge in [0.25, 0.3) is 0 Å². The van der Waals surface area contributed by atoms with E-state index in [2.05, 4.69) is 21.1 Å². The Morgan fingerprint density at radius 2 is 1.93 bits per heavy atom. The summed E-state index contributed by atoms with van der Waals surface area (Å²) in [5.74, 6) is 0.498. The van der Waals surface area contributed by atoms with Crippen LogP contribution in [-0.2, 0) is 6.54 Å². The molecule has 7 heteroatoms. The molecule has 2 aromatic carbocycles. The van der Waals surface area contributed by atoms with Crippen LogP contribution >= 0.6 is 23.2 Å². The fraction of sp³-hybridized carbons (Fsp3) is 0.0952. The number of aryl methyl sites for hydroxylation is 1. The molecule has 4 aromatic rings. The highest BCUT2D eigenvalue weighted by atomic mass is 35.5. The van der Waals surface area contributed by atoms with Crippen molar-refractivity contribution in [2.45, 2.75) is 13.5 Å². The molecule has 5 nitrogen and oxygen atoms in total. The number of aromatic nitrogens is 4. The average molecular weight is 408 g/mol. The van der Waals surface area contributed by atoms with Crippen molar-refractivity contribution < 1.29 is 0 Å². The van der Waals surface area contributed by atoms with Crippen molar-refractivity contribution in [1.29, 1.82) is 5.26 Å². The molecule has 0 radical (unpaired) electrons. The number of imidazole rings is 1. The van der Waals surface area contributed by atoms with Crippen molar-refractivity contribution in [2.24, 2.45) is 0 Å². The third-order valence-electron chi connectivity index (χ3n) is 4.44. The van der Waals surface area contributed by atoms with Gasteiger partial charge < -0.3 is 4.98 Å². The summed E-state index contributed by atoms with van der Waals surface area (Å²) in [6.07, 6.45) is 1.71. The minimum Gasteiger partial charge on any atom is -0.337 e. The highest BCUT2D eigenvalue weighted by molar-refractivity contribution is 6.32. The quantitative estimate of drug-likeness (QED) is 0.454. The van der Waals surface area contributed by atoms with Gasteiger partial charge in [-0.05, 0) is 36.8 Å². The first-order chi connectivity index (χ1) is 13.6. The van der Waals surface area contributed by atoms with Crippen molar-refractivity contribution in [1.82, 2.24) is 19.7 Å². The van der Waals surface area contributed by atoms with E-state index in [-0.39, 0.29) is 0 Å². The lowest BCUT2D eigenvalue weighted by atomic mass is 10.1. The molecule has 2 heterocycles. The number of hydrogen-bond acceptors (Lipinski definition) is 3. The fourth-order valence-corrected chi connectivity index (χ4v) is 3.49. The number of H-pyrrole nitrogens is 1. The highest BCUT2D eigenvalue weighted by Crippen LogP contribution is 2.27. The summed E-state index contributed by atoms with van der Waals surface area (Å²) < 4.78 is 1.68. The van der Waals surface area contributed by atoms with Gasteiger partial charge in [-0.2, -0.15) is 10.4 Å². The third kappa shape index (κ3) is 3.40. The van der Waals surface area contributed by atoms with Gasteiger partial charge in [0.05, 0.1) is 28.8 Å². The maximum absolute atomic E-state index is 9.66. The first kappa shape index (κ1) is 18.3. The molecule has 138 valence electrons. The number of hydrogen-bond donors (Lipinski definition) is 1. The second-order valence-corrected chi connectivity index (χ2v) is 7.08. The zero-order chi connectivity index (χ0) is 19.7. The number of nitrogens with one attached hydrogen (secondary N) is 1. The van der Waals surface area contributed by atoms with Crippen molar-refractivity contribution >= 4 is 45.9 Å². The lowest BCUT2D eigenvalue weighted by Crippen LogP contribution is -2.02. The van der Waals surface area contributed by atoms with E-state index < -0.39 is 0 Å². The van der Waals surface area contributed by atoms with Crippen LogP contribution in [0.25, 0.3) is 22.7 Å². The monoisotopic (exact) mass is 407 g/mol. The maximum Gasteiger partial charge on any atom is 0.149 e. The Hall–Kier alpha value is -3.07. The lowest BCUT2D eigenvalue weighted by Gasteiger charge is -2.05. The van der Waals surface area contributed by atoms with Crippen LogP contribution in [0.15, 0.2) is 48.5 Å². The van der Waals surface area contributed by atoms with Gasteiger partial charge in [0.15, 0.2) is 0 Å². The Kier molecular flexibility index (Phi) is 4.91. The summed E-state index contributed by atoms with van der Waals surface area (Å²) in [7, 11) is 0. The van der Waals surface area contributed by atoms with E-state index in [1.165, 1.54) is 0 Å². The topological polar surface area (TPSA) is 70.3 Å². The zero-order valence-corrected chi connectivity index (χ0v) is 16.5. The second-order valence-electron chi connectivity index (χ2n) is 6.31. The number of nitrogens with zero attached hydrogens (tertiary/aromatic N) is 4. The van der Waals surface area contributed by atoms with Crippen LogP contribution in [0.4, 0.5) is 0 Å². The van der Waals surface area contributed by atoms with Crippen molar-refractivity contribution in [3.05, 3.63) is 81.4 Å². The van der Waals surface area contributed by atoms with Gasteiger partial charge in [-0.25, -0.2) is 9.67 Å². The number of aromatic amines is 1. The molecule has 0 amide bonds. The number of halogens is 2. The Labute approximate surface area is 171 Å². The fourth-order valence-electron chi connectivity index (χ4n) is 3.00. The Morgan fingerprint density at radius 3 is 2.68 bits per heavy atom. The molecular weight excluding hydrogens is 393 g/mol. The molecule has 0 unspecified atom stereocenters. The molecule has 0 aliphatic heterocycles. The van der Waals surface area contributed by atoms with Gasteiger partial charge in [-0.15, -0.1) is 0 Å². The van der Waals surface area contributed by atoms with Crippen LogP contribution in [0.5, 0.6) is 0 Å². The predicted octanol–water partition coefficient (Wildman–Crippen LogP) is 5.49. The summed E-state index contributed by atoms with van der Waals surface area (Å²) in [6, 6.07) is 17.4. The van der Waals surface area contributed by atoms with Gasteiger partial charge in [-0.1, -0.05) is 53.5 Å². The summed E-state index contributed by atoms with van der Waals surface area (Å²) in [4.78, 5) is 7.66. The van der Waals surface area contributed by atoms with Crippen LogP contribution < -0.4 is 0 Å². The lowest BCUT2D eigenvalue weighted by molar-refractivity contribution is 0.680. The molecule has 0 aliphatic carbocycles. The predicted molar refractivity (Wildman–Crippen MR) is 112 cm³/mol. The summed E-state index contributed by atoms with van der Waals surface area (Å²) in [5, 5.41) is 15.3. The molecule has 28 heavy (non-hydrogen) atoms. The van der Waals surface area contributed by atoms with E-state index in [1.54, 1.807) is 10.8 Å². The maximum atomic E-state index is 9.66. The molecule has 0 atom stereocenters. The number of nitriles is 1. The van der Waals surface area contributed by atoms with Gasteiger partial charge in [0.1, 0.15) is 17.0 Å². The zero-order valence-electron chi connectivity index (χ0n) is 14.9. The van der Waals surface area contributed by atoms with Gasteiger partial charge >= 0.3 is 0 Å². The SMILES string of the molecule is Cc1nn(Cc2ccccc2Cl)c(Cl)c1/C=C(\C#N)c1nc2ccccc2[nH]1. The summed E-state index contributed by atoms with van der Waals surface area (Å²) in [6.45, 7) is 2.30. The number of fused-ring (bicyclic) bond motifs is 1. The minimum absolute atomic E-state index is 0.387. The molecule has 1 N–H and O–H groups in total. The van der Waals surface area contributed by atoms with E-state index in [0.29, 0.717) is 33.7 Å². The number of para-hydroxylation sites is 2. The van der Waals surface area contributed by atoms with Crippen LogP contribution in [-0.4, -0.2) is 19.7 Å². The minimum atomic E-state index is 0.387. The molecule has 0 aliphatic rings. The number of allylic oxidation sites excluding steroid dienone is 1. The Morgan fingerprint density at radius 1 is 1.18 bits per heavy atom. The molecule has 0 bridgehead atoms. The smallest absolute Gasteiger partial charge is 0.149 e. The largest absolute Gasteiger partial charge is 0.337 e. The van der Waals surface area contributed by atoms with Crippen molar-refractivity contribution in [3.63, 3.8) is 0 Å². The Bertz CT molecular complexity index is 1210. The molecule has 4 rings (SSSR count).